The van der Waals surface area contributed by atoms with E-state index in [0.717, 1.165) is 35.5 Å². The van der Waals surface area contributed by atoms with Gasteiger partial charge >= 0.3 is 6.18 Å². The summed E-state index contributed by atoms with van der Waals surface area (Å²) in [6.07, 6.45) is -2.24. The molecular formula is C17H12F3N3O. The number of hydrogen-bond acceptors (Lipinski definition) is 2. The van der Waals surface area contributed by atoms with E-state index in [1.54, 1.807) is 0 Å². The quantitative estimate of drug-likeness (QED) is 0.743. The summed E-state index contributed by atoms with van der Waals surface area (Å²) in [5, 5.41) is 2.98. The van der Waals surface area contributed by atoms with E-state index >= 15 is 0 Å². The highest BCUT2D eigenvalue weighted by Crippen LogP contribution is 2.31. The molecule has 1 N–H and O–H groups in total. The minimum absolute atomic E-state index is 0.139. The minimum Gasteiger partial charge on any atom is -0.293 e. The molecule has 0 saturated carbocycles. The Morgan fingerprint density at radius 3 is 2.58 bits per heavy atom. The van der Waals surface area contributed by atoms with Gasteiger partial charge in [-0.25, -0.2) is 9.67 Å². The SMILES string of the molecule is O=c1c2c([nH]n1-c1ccc(C(F)(F)F)cn1)CCc1ccccc1-2. The smallest absolute Gasteiger partial charge is 0.293 e. The van der Waals surface area contributed by atoms with Crippen molar-refractivity contribution >= 4 is 0 Å². The predicted octanol–water partition coefficient (Wildman–Crippen LogP) is 3.35. The Hall–Kier alpha value is -2.83. The largest absolute Gasteiger partial charge is 0.417 e. The number of fused-ring (bicyclic) bond motifs is 3. The molecule has 0 aliphatic heterocycles. The fraction of sp³-hybridized carbons (Fsp3) is 0.176. The third-order valence-electron chi connectivity index (χ3n) is 4.20. The van der Waals surface area contributed by atoms with Crippen LogP contribution in [0, 0.1) is 0 Å². The fourth-order valence-corrected chi connectivity index (χ4v) is 3.03. The molecule has 0 saturated heterocycles. The molecule has 24 heavy (non-hydrogen) atoms. The second-order valence-corrected chi connectivity index (χ2v) is 5.67. The molecule has 4 nitrogen and oxygen atoms in total. The summed E-state index contributed by atoms with van der Waals surface area (Å²) in [5.74, 6) is 0.139. The molecule has 1 aromatic carbocycles. The van der Waals surface area contributed by atoms with E-state index in [0.29, 0.717) is 12.0 Å². The van der Waals surface area contributed by atoms with Gasteiger partial charge in [-0.05, 0) is 36.1 Å². The van der Waals surface area contributed by atoms with E-state index < -0.39 is 11.7 Å². The summed E-state index contributed by atoms with van der Waals surface area (Å²) >= 11 is 0. The topological polar surface area (TPSA) is 50.7 Å². The molecule has 1 aliphatic rings. The molecule has 0 unspecified atom stereocenters. The van der Waals surface area contributed by atoms with Gasteiger partial charge in [-0.1, -0.05) is 24.3 Å². The Bertz CT molecular complexity index is 968. The van der Waals surface area contributed by atoms with Gasteiger partial charge in [0.05, 0.1) is 11.1 Å². The van der Waals surface area contributed by atoms with Crippen LogP contribution >= 0.6 is 0 Å². The second-order valence-electron chi connectivity index (χ2n) is 5.67. The number of hydrogen-bond donors (Lipinski definition) is 1. The Labute approximate surface area is 134 Å². The maximum Gasteiger partial charge on any atom is 0.417 e. The van der Waals surface area contributed by atoms with E-state index in [9.17, 15) is 18.0 Å². The normalized spacial score (nSPS) is 13.5. The molecule has 0 fully saturated rings. The van der Waals surface area contributed by atoms with Crippen LogP contribution in [0.2, 0.25) is 0 Å². The number of halogens is 3. The lowest BCUT2D eigenvalue weighted by Crippen LogP contribution is -2.18. The summed E-state index contributed by atoms with van der Waals surface area (Å²) in [6.45, 7) is 0. The van der Waals surface area contributed by atoms with Gasteiger partial charge in [-0.15, -0.1) is 0 Å². The number of benzene rings is 1. The van der Waals surface area contributed by atoms with E-state index in [1.807, 2.05) is 24.3 Å². The molecule has 0 amide bonds. The van der Waals surface area contributed by atoms with Gasteiger partial charge in [-0.2, -0.15) is 13.2 Å². The molecule has 4 rings (SSSR count). The lowest BCUT2D eigenvalue weighted by molar-refractivity contribution is -0.137. The summed E-state index contributed by atoms with van der Waals surface area (Å²) in [7, 11) is 0. The highest BCUT2D eigenvalue weighted by atomic mass is 19.4. The van der Waals surface area contributed by atoms with Crippen LogP contribution in [-0.4, -0.2) is 14.8 Å². The first-order chi connectivity index (χ1) is 11.4. The Kier molecular flexibility index (Phi) is 3.13. The number of aromatic nitrogens is 3. The number of H-pyrrole nitrogens is 1. The summed E-state index contributed by atoms with van der Waals surface area (Å²) in [5.41, 5.74) is 2.16. The zero-order chi connectivity index (χ0) is 16.9. The van der Waals surface area contributed by atoms with Crippen LogP contribution in [0.4, 0.5) is 13.2 Å². The first-order valence-corrected chi connectivity index (χ1v) is 7.41. The molecule has 0 atom stereocenters. The zero-order valence-electron chi connectivity index (χ0n) is 12.4. The molecule has 2 aromatic heterocycles. The Balaban J connectivity index is 1.83. The van der Waals surface area contributed by atoms with Crippen molar-refractivity contribution in [1.29, 1.82) is 0 Å². The van der Waals surface area contributed by atoms with E-state index in [4.69, 9.17) is 0 Å². The van der Waals surface area contributed by atoms with Crippen LogP contribution in [-0.2, 0) is 19.0 Å². The van der Waals surface area contributed by atoms with E-state index in [2.05, 4.69) is 10.1 Å². The average molecular weight is 331 g/mol. The molecule has 1 aliphatic carbocycles. The van der Waals surface area contributed by atoms with Crippen LogP contribution in [0.5, 0.6) is 0 Å². The van der Waals surface area contributed by atoms with E-state index in [-0.39, 0.29) is 11.4 Å². The van der Waals surface area contributed by atoms with Gasteiger partial charge in [0.25, 0.3) is 5.56 Å². The third-order valence-corrected chi connectivity index (χ3v) is 4.20. The van der Waals surface area contributed by atoms with Crippen LogP contribution in [0.15, 0.2) is 47.4 Å². The van der Waals surface area contributed by atoms with E-state index in [1.165, 1.54) is 10.7 Å². The zero-order valence-corrected chi connectivity index (χ0v) is 12.4. The lowest BCUT2D eigenvalue weighted by atomic mass is 9.90. The van der Waals surface area contributed by atoms with Crippen LogP contribution < -0.4 is 5.56 Å². The van der Waals surface area contributed by atoms with Crippen molar-refractivity contribution < 1.29 is 13.2 Å². The van der Waals surface area contributed by atoms with Crippen molar-refractivity contribution in [3.63, 3.8) is 0 Å². The number of nitrogens with zero attached hydrogens (tertiary/aromatic N) is 2. The maximum atomic E-state index is 12.7. The highest BCUT2D eigenvalue weighted by Gasteiger charge is 2.31. The minimum atomic E-state index is -4.45. The van der Waals surface area contributed by atoms with Gasteiger partial charge in [0.2, 0.25) is 0 Å². The number of pyridine rings is 1. The number of rotatable bonds is 1. The molecule has 3 aromatic rings. The van der Waals surface area contributed by atoms with Crippen molar-refractivity contribution in [3.8, 4) is 16.9 Å². The molecule has 0 radical (unpaired) electrons. The monoisotopic (exact) mass is 331 g/mol. The highest BCUT2D eigenvalue weighted by molar-refractivity contribution is 5.71. The lowest BCUT2D eigenvalue weighted by Gasteiger charge is -2.13. The fourth-order valence-electron chi connectivity index (χ4n) is 3.03. The molecule has 2 heterocycles. The second kappa shape index (κ2) is 5.09. The van der Waals surface area contributed by atoms with Crippen molar-refractivity contribution in [2.24, 2.45) is 0 Å². The first kappa shape index (κ1) is 14.7. The summed E-state index contributed by atoms with van der Waals surface area (Å²) in [4.78, 5) is 16.5. The Morgan fingerprint density at radius 1 is 1.08 bits per heavy atom. The number of aryl methyl sites for hydroxylation is 2. The van der Waals surface area contributed by atoms with Crippen LogP contribution in [0.25, 0.3) is 16.9 Å². The maximum absolute atomic E-state index is 12.7. The van der Waals surface area contributed by atoms with Gasteiger partial charge in [0.15, 0.2) is 5.82 Å². The van der Waals surface area contributed by atoms with Crippen LogP contribution in [0.3, 0.4) is 0 Å². The van der Waals surface area contributed by atoms with Gasteiger partial charge in [-0.3, -0.25) is 9.89 Å². The average Bonchev–Trinajstić information content (AvgIpc) is 2.91. The number of nitrogens with one attached hydrogen (secondary N) is 1. The van der Waals surface area contributed by atoms with Gasteiger partial charge in [0.1, 0.15) is 0 Å². The number of alkyl halides is 3. The van der Waals surface area contributed by atoms with Gasteiger partial charge < -0.3 is 0 Å². The molecule has 7 heteroatoms. The van der Waals surface area contributed by atoms with Crippen molar-refractivity contribution in [2.45, 2.75) is 19.0 Å². The number of aromatic amines is 1. The predicted molar refractivity (Wildman–Crippen MR) is 82.0 cm³/mol. The van der Waals surface area contributed by atoms with Crippen molar-refractivity contribution in [1.82, 2.24) is 14.8 Å². The van der Waals surface area contributed by atoms with Crippen LogP contribution in [0.1, 0.15) is 16.8 Å². The standard InChI is InChI=1S/C17H12F3N3O/c18-17(19,20)11-6-8-14(21-9-11)23-16(24)15-12-4-2-1-3-10(12)5-7-13(15)22-23/h1-4,6,8-9,22H,5,7H2. The molecular weight excluding hydrogens is 319 g/mol. The van der Waals surface area contributed by atoms with Gasteiger partial charge in [0, 0.05) is 11.9 Å². The summed E-state index contributed by atoms with van der Waals surface area (Å²) in [6, 6.07) is 9.76. The van der Waals surface area contributed by atoms with Crippen molar-refractivity contribution in [3.05, 3.63) is 69.8 Å². The molecule has 0 spiro atoms. The Morgan fingerprint density at radius 2 is 1.88 bits per heavy atom. The third kappa shape index (κ3) is 2.24. The molecule has 122 valence electrons. The first-order valence-electron chi connectivity index (χ1n) is 7.41. The summed E-state index contributed by atoms with van der Waals surface area (Å²) < 4.78 is 39.1. The molecule has 0 bridgehead atoms. The van der Waals surface area contributed by atoms with Crippen molar-refractivity contribution in [2.75, 3.05) is 0 Å².